The molecule has 0 unspecified atom stereocenters. The van der Waals surface area contributed by atoms with Crippen LogP contribution in [0.4, 0.5) is 0 Å². The van der Waals surface area contributed by atoms with E-state index in [1.54, 1.807) is 13.8 Å². The largest absolute Gasteiger partial charge is 0.436 e. The quantitative estimate of drug-likeness (QED) is 0.843. The van der Waals surface area contributed by atoms with Gasteiger partial charge in [0.05, 0.1) is 11.2 Å². The molecule has 0 spiro atoms. The van der Waals surface area contributed by atoms with Gasteiger partial charge in [0.15, 0.2) is 5.89 Å². The molecule has 1 heterocycles. The Morgan fingerprint density at radius 1 is 1.41 bits per heavy atom. The molecule has 0 saturated carbocycles. The van der Waals surface area contributed by atoms with E-state index in [-0.39, 0.29) is 23.4 Å². The Morgan fingerprint density at radius 2 is 2.00 bits per heavy atom. The van der Waals surface area contributed by atoms with Gasteiger partial charge in [0.1, 0.15) is 0 Å². The third kappa shape index (κ3) is 3.13. The standard InChI is InChI=1S/C11H16Cl2N2O2/c1-4-11(5-12,6-13)15-10(16)9-7(2)14-8(3)17-9/h4-6H2,1-3H3,(H,15,16). The number of amides is 1. The van der Waals surface area contributed by atoms with E-state index in [4.69, 9.17) is 27.6 Å². The first kappa shape index (κ1) is 14.3. The molecule has 1 aromatic rings. The van der Waals surface area contributed by atoms with Gasteiger partial charge >= 0.3 is 0 Å². The second kappa shape index (κ2) is 5.74. The normalized spacial score (nSPS) is 11.6. The molecule has 1 amide bonds. The van der Waals surface area contributed by atoms with E-state index in [9.17, 15) is 4.79 Å². The van der Waals surface area contributed by atoms with Gasteiger partial charge in [-0.3, -0.25) is 4.79 Å². The van der Waals surface area contributed by atoms with Gasteiger partial charge in [0.25, 0.3) is 5.91 Å². The minimum Gasteiger partial charge on any atom is -0.436 e. The molecular weight excluding hydrogens is 263 g/mol. The molecular formula is C11H16Cl2N2O2. The summed E-state index contributed by atoms with van der Waals surface area (Å²) in [6.07, 6.45) is 0.651. The van der Waals surface area contributed by atoms with Crippen molar-refractivity contribution in [2.24, 2.45) is 0 Å². The Hall–Kier alpha value is -0.740. The number of nitrogens with one attached hydrogen (secondary N) is 1. The van der Waals surface area contributed by atoms with Crippen molar-refractivity contribution in [1.82, 2.24) is 10.3 Å². The van der Waals surface area contributed by atoms with Gasteiger partial charge in [0, 0.05) is 18.7 Å². The molecule has 0 fully saturated rings. The molecule has 1 rings (SSSR count). The Labute approximate surface area is 111 Å². The molecule has 1 N–H and O–H groups in total. The minimum atomic E-state index is -0.604. The molecule has 0 radical (unpaired) electrons. The van der Waals surface area contributed by atoms with E-state index in [1.807, 2.05) is 6.92 Å². The number of alkyl halides is 2. The molecule has 17 heavy (non-hydrogen) atoms. The average molecular weight is 279 g/mol. The van der Waals surface area contributed by atoms with Crippen LogP contribution in [-0.4, -0.2) is 28.2 Å². The van der Waals surface area contributed by atoms with Crippen molar-refractivity contribution in [3.8, 4) is 0 Å². The summed E-state index contributed by atoms with van der Waals surface area (Å²) in [5.74, 6) is 0.865. The van der Waals surface area contributed by atoms with Crippen molar-refractivity contribution >= 4 is 29.1 Å². The van der Waals surface area contributed by atoms with E-state index >= 15 is 0 Å². The molecule has 0 aliphatic heterocycles. The number of hydrogen-bond acceptors (Lipinski definition) is 3. The molecule has 0 bridgehead atoms. The topological polar surface area (TPSA) is 55.1 Å². The zero-order valence-electron chi connectivity index (χ0n) is 10.1. The molecule has 0 aliphatic carbocycles. The van der Waals surface area contributed by atoms with Crippen molar-refractivity contribution in [3.05, 3.63) is 17.3 Å². The van der Waals surface area contributed by atoms with Crippen molar-refractivity contribution in [2.75, 3.05) is 11.8 Å². The third-order valence-electron chi connectivity index (χ3n) is 2.68. The van der Waals surface area contributed by atoms with Crippen LogP contribution in [0.2, 0.25) is 0 Å². The van der Waals surface area contributed by atoms with E-state index in [2.05, 4.69) is 10.3 Å². The number of rotatable bonds is 5. The summed E-state index contributed by atoms with van der Waals surface area (Å²) in [5.41, 5.74) is -0.0398. The lowest BCUT2D eigenvalue weighted by atomic mass is 10.0. The van der Waals surface area contributed by atoms with Crippen LogP contribution in [0, 0.1) is 13.8 Å². The number of oxazole rings is 1. The Balaban J connectivity index is 2.88. The number of hydrogen-bond donors (Lipinski definition) is 1. The second-order valence-electron chi connectivity index (χ2n) is 4.00. The SMILES string of the molecule is CCC(CCl)(CCl)NC(=O)c1oc(C)nc1C. The van der Waals surface area contributed by atoms with Crippen LogP contribution < -0.4 is 5.32 Å². The van der Waals surface area contributed by atoms with E-state index in [1.165, 1.54) is 0 Å². The van der Waals surface area contributed by atoms with Gasteiger partial charge in [-0.1, -0.05) is 6.92 Å². The average Bonchev–Trinajstić information content (AvgIpc) is 2.65. The molecule has 1 aromatic heterocycles. The Morgan fingerprint density at radius 3 is 2.35 bits per heavy atom. The molecule has 0 atom stereocenters. The van der Waals surface area contributed by atoms with Crippen LogP contribution in [0.1, 0.15) is 35.5 Å². The number of nitrogens with zero attached hydrogens (tertiary/aromatic N) is 1. The zero-order chi connectivity index (χ0) is 13.1. The fourth-order valence-corrected chi connectivity index (χ4v) is 2.22. The first-order valence-corrected chi connectivity index (χ1v) is 6.43. The number of carbonyl (C=O) groups is 1. The predicted octanol–water partition coefficient (Wildman–Crippen LogP) is 2.65. The summed E-state index contributed by atoms with van der Waals surface area (Å²) in [6, 6.07) is 0. The molecule has 6 heteroatoms. The van der Waals surface area contributed by atoms with Gasteiger partial charge < -0.3 is 9.73 Å². The number of aromatic nitrogens is 1. The summed E-state index contributed by atoms with van der Waals surface area (Å²) in [5, 5.41) is 2.81. The molecule has 96 valence electrons. The Kier molecular flexibility index (Phi) is 4.83. The van der Waals surface area contributed by atoms with Crippen LogP contribution in [-0.2, 0) is 0 Å². The molecule has 4 nitrogen and oxygen atoms in total. The summed E-state index contributed by atoms with van der Waals surface area (Å²) in [7, 11) is 0. The fraction of sp³-hybridized carbons (Fsp3) is 0.636. The summed E-state index contributed by atoms with van der Waals surface area (Å²) >= 11 is 11.7. The maximum Gasteiger partial charge on any atom is 0.289 e. The number of aryl methyl sites for hydroxylation is 2. The highest BCUT2D eigenvalue weighted by molar-refractivity contribution is 6.22. The molecule has 0 aliphatic rings. The first-order chi connectivity index (χ1) is 7.98. The maximum absolute atomic E-state index is 12.0. The van der Waals surface area contributed by atoms with E-state index in [0.717, 1.165) is 0 Å². The molecule has 0 aromatic carbocycles. The van der Waals surface area contributed by atoms with Crippen LogP contribution in [0.5, 0.6) is 0 Å². The highest BCUT2D eigenvalue weighted by Crippen LogP contribution is 2.17. The predicted molar refractivity (Wildman–Crippen MR) is 67.9 cm³/mol. The van der Waals surface area contributed by atoms with Gasteiger partial charge in [-0.15, -0.1) is 23.2 Å². The third-order valence-corrected chi connectivity index (χ3v) is 3.70. The van der Waals surface area contributed by atoms with Gasteiger partial charge in [-0.2, -0.15) is 0 Å². The lowest BCUT2D eigenvalue weighted by Gasteiger charge is -2.28. The van der Waals surface area contributed by atoms with E-state index in [0.29, 0.717) is 18.0 Å². The van der Waals surface area contributed by atoms with Crippen LogP contribution in [0.3, 0.4) is 0 Å². The number of carbonyl (C=O) groups excluding carboxylic acids is 1. The summed E-state index contributed by atoms with van der Waals surface area (Å²) in [6.45, 7) is 5.34. The van der Waals surface area contributed by atoms with E-state index < -0.39 is 5.54 Å². The summed E-state index contributed by atoms with van der Waals surface area (Å²) < 4.78 is 5.25. The van der Waals surface area contributed by atoms with Crippen LogP contribution in [0.25, 0.3) is 0 Å². The van der Waals surface area contributed by atoms with Gasteiger partial charge in [-0.25, -0.2) is 4.98 Å². The second-order valence-corrected chi connectivity index (χ2v) is 4.54. The maximum atomic E-state index is 12.0. The van der Waals surface area contributed by atoms with Gasteiger partial charge in [0.2, 0.25) is 5.76 Å². The monoisotopic (exact) mass is 278 g/mol. The highest BCUT2D eigenvalue weighted by Gasteiger charge is 2.30. The number of halogens is 2. The van der Waals surface area contributed by atoms with Crippen molar-refractivity contribution in [3.63, 3.8) is 0 Å². The first-order valence-electron chi connectivity index (χ1n) is 5.36. The van der Waals surface area contributed by atoms with Crippen LogP contribution >= 0.6 is 23.2 Å². The Bertz CT molecular complexity index is 392. The van der Waals surface area contributed by atoms with Crippen molar-refractivity contribution in [2.45, 2.75) is 32.7 Å². The van der Waals surface area contributed by atoms with Crippen molar-refractivity contribution < 1.29 is 9.21 Å². The van der Waals surface area contributed by atoms with Gasteiger partial charge in [-0.05, 0) is 13.3 Å². The summed E-state index contributed by atoms with van der Waals surface area (Å²) in [4.78, 5) is 16.1. The fourth-order valence-electron chi connectivity index (χ4n) is 1.42. The van der Waals surface area contributed by atoms with Crippen LogP contribution in [0.15, 0.2) is 4.42 Å². The molecule has 0 saturated heterocycles. The van der Waals surface area contributed by atoms with Crippen molar-refractivity contribution in [1.29, 1.82) is 0 Å². The smallest absolute Gasteiger partial charge is 0.289 e. The lowest BCUT2D eigenvalue weighted by Crippen LogP contribution is -2.51. The zero-order valence-corrected chi connectivity index (χ0v) is 11.7. The minimum absolute atomic E-state index is 0.218. The lowest BCUT2D eigenvalue weighted by molar-refractivity contribution is 0.0883. The highest BCUT2D eigenvalue weighted by atomic mass is 35.5.